The van der Waals surface area contributed by atoms with Gasteiger partial charge in [0.25, 0.3) is 0 Å². The molecule has 21 heavy (non-hydrogen) atoms. The van der Waals surface area contributed by atoms with Crippen LogP contribution in [0.5, 0.6) is 0 Å². The molecule has 1 N–H and O–H groups in total. The van der Waals surface area contributed by atoms with E-state index in [0.717, 1.165) is 24.0 Å². The molecule has 5 heteroatoms. The Balaban J connectivity index is 1.95. The predicted octanol–water partition coefficient (Wildman–Crippen LogP) is 2.74. The maximum absolute atomic E-state index is 11.4. The lowest BCUT2D eigenvalue weighted by atomic mass is 10.1. The highest BCUT2D eigenvalue weighted by Gasteiger charge is 2.26. The summed E-state index contributed by atoms with van der Waals surface area (Å²) in [6.45, 7) is 6.23. The number of carboxylic acids is 1. The van der Waals surface area contributed by atoms with Crippen molar-refractivity contribution in [1.82, 2.24) is 4.90 Å². The van der Waals surface area contributed by atoms with E-state index in [4.69, 9.17) is 9.15 Å². The molecule has 0 bridgehead atoms. The number of morpholine rings is 1. The summed E-state index contributed by atoms with van der Waals surface area (Å²) in [4.78, 5) is 13.6. The van der Waals surface area contributed by atoms with Crippen LogP contribution < -0.4 is 0 Å². The average Bonchev–Trinajstić information content (AvgIpc) is 2.77. The van der Waals surface area contributed by atoms with Crippen molar-refractivity contribution in [2.45, 2.75) is 32.6 Å². The molecule has 1 fully saturated rings. The number of carbonyl (C=O) groups is 1. The zero-order valence-corrected chi connectivity index (χ0v) is 12.2. The molecule has 1 aliphatic rings. The van der Waals surface area contributed by atoms with Crippen LogP contribution in [0.25, 0.3) is 11.0 Å². The number of hydrogen-bond acceptors (Lipinski definition) is 4. The number of carboxylic acid groups (broad SMARTS) is 1. The summed E-state index contributed by atoms with van der Waals surface area (Å²) in [5.41, 5.74) is 1.37. The number of rotatable bonds is 3. The van der Waals surface area contributed by atoms with Crippen LogP contribution in [0.3, 0.4) is 0 Å². The van der Waals surface area contributed by atoms with Gasteiger partial charge in [-0.05, 0) is 19.9 Å². The third kappa shape index (κ3) is 2.80. The number of aromatic carboxylic acids is 1. The van der Waals surface area contributed by atoms with Crippen molar-refractivity contribution in [2.75, 3.05) is 13.1 Å². The maximum Gasteiger partial charge on any atom is 0.372 e. The minimum absolute atomic E-state index is 0.0444. The molecule has 1 aromatic carbocycles. The van der Waals surface area contributed by atoms with Gasteiger partial charge in [0.05, 0.1) is 12.2 Å². The molecule has 2 atom stereocenters. The molecule has 3 rings (SSSR count). The first-order chi connectivity index (χ1) is 10.0. The van der Waals surface area contributed by atoms with Gasteiger partial charge in [-0.1, -0.05) is 18.2 Å². The van der Waals surface area contributed by atoms with E-state index >= 15 is 0 Å². The van der Waals surface area contributed by atoms with Crippen LogP contribution in [0.1, 0.15) is 30.0 Å². The van der Waals surface area contributed by atoms with E-state index in [-0.39, 0.29) is 18.0 Å². The highest BCUT2D eigenvalue weighted by atomic mass is 16.5. The fraction of sp³-hybridized carbons (Fsp3) is 0.438. The molecule has 0 aliphatic carbocycles. The van der Waals surface area contributed by atoms with Crippen molar-refractivity contribution in [1.29, 1.82) is 0 Å². The van der Waals surface area contributed by atoms with Gasteiger partial charge in [-0.2, -0.15) is 0 Å². The molecule has 1 saturated heterocycles. The number of furan rings is 1. The molecule has 2 heterocycles. The molecular weight excluding hydrogens is 270 g/mol. The third-order valence-corrected chi connectivity index (χ3v) is 3.77. The first kappa shape index (κ1) is 14.1. The van der Waals surface area contributed by atoms with Crippen molar-refractivity contribution in [3.63, 3.8) is 0 Å². The predicted molar refractivity (Wildman–Crippen MR) is 78.5 cm³/mol. The van der Waals surface area contributed by atoms with Gasteiger partial charge in [-0.15, -0.1) is 0 Å². The van der Waals surface area contributed by atoms with Crippen LogP contribution in [0.15, 0.2) is 28.7 Å². The molecule has 1 aliphatic heterocycles. The van der Waals surface area contributed by atoms with E-state index in [1.165, 1.54) is 0 Å². The van der Waals surface area contributed by atoms with Crippen molar-refractivity contribution in [3.8, 4) is 0 Å². The van der Waals surface area contributed by atoms with Crippen molar-refractivity contribution >= 4 is 16.9 Å². The number of ether oxygens (including phenoxy) is 1. The second kappa shape index (κ2) is 5.50. The Labute approximate surface area is 123 Å². The van der Waals surface area contributed by atoms with Gasteiger partial charge < -0.3 is 14.3 Å². The van der Waals surface area contributed by atoms with Crippen LogP contribution in [-0.4, -0.2) is 41.3 Å². The normalized spacial score (nSPS) is 23.5. The monoisotopic (exact) mass is 289 g/mol. The largest absolute Gasteiger partial charge is 0.475 e. The van der Waals surface area contributed by atoms with E-state index in [1.807, 2.05) is 32.0 Å². The van der Waals surface area contributed by atoms with Gasteiger partial charge in [-0.25, -0.2) is 4.79 Å². The first-order valence-corrected chi connectivity index (χ1v) is 7.16. The average molecular weight is 289 g/mol. The van der Waals surface area contributed by atoms with Crippen LogP contribution >= 0.6 is 0 Å². The van der Waals surface area contributed by atoms with Crippen LogP contribution in [-0.2, 0) is 11.3 Å². The van der Waals surface area contributed by atoms with Gasteiger partial charge >= 0.3 is 5.97 Å². The summed E-state index contributed by atoms with van der Waals surface area (Å²) >= 11 is 0. The minimum Gasteiger partial charge on any atom is -0.475 e. The molecule has 2 aromatic rings. The Morgan fingerprint density at radius 3 is 2.62 bits per heavy atom. The summed E-state index contributed by atoms with van der Waals surface area (Å²) < 4.78 is 11.2. The molecule has 5 nitrogen and oxygen atoms in total. The second-order valence-electron chi connectivity index (χ2n) is 5.66. The van der Waals surface area contributed by atoms with Crippen LogP contribution in [0, 0.1) is 0 Å². The highest BCUT2D eigenvalue weighted by Crippen LogP contribution is 2.28. The Hall–Kier alpha value is -1.85. The molecule has 0 spiro atoms. The van der Waals surface area contributed by atoms with Crippen molar-refractivity contribution < 1.29 is 19.1 Å². The summed E-state index contributed by atoms with van der Waals surface area (Å²) in [6, 6.07) is 7.46. The molecule has 0 radical (unpaired) electrons. The van der Waals surface area contributed by atoms with E-state index < -0.39 is 5.97 Å². The number of hydrogen-bond donors (Lipinski definition) is 1. The van der Waals surface area contributed by atoms with E-state index in [1.54, 1.807) is 6.07 Å². The Kier molecular flexibility index (Phi) is 3.69. The topological polar surface area (TPSA) is 62.9 Å². The summed E-state index contributed by atoms with van der Waals surface area (Å²) in [6.07, 6.45) is 0.306. The number of para-hydroxylation sites is 1. The van der Waals surface area contributed by atoms with Crippen LogP contribution in [0.2, 0.25) is 0 Å². The number of benzene rings is 1. The van der Waals surface area contributed by atoms with Crippen molar-refractivity contribution in [3.05, 3.63) is 35.6 Å². The fourth-order valence-corrected chi connectivity index (χ4v) is 3.07. The Morgan fingerprint density at radius 2 is 1.95 bits per heavy atom. The zero-order valence-electron chi connectivity index (χ0n) is 12.2. The molecule has 0 amide bonds. The smallest absolute Gasteiger partial charge is 0.372 e. The van der Waals surface area contributed by atoms with Gasteiger partial charge in [0.2, 0.25) is 5.76 Å². The quantitative estimate of drug-likeness (QED) is 0.941. The summed E-state index contributed by atoms with van der Waals surface area (Å²) in [7, 11) is 0. The lowest BCUT2D eigenvalue weighted by Gasteiger charge is -2.35. The number of fused-ring (bicyclic) bond motifs is 1. The number of nitrogens with zero attached hydrogens (tertiary/aromatic N) is 1. The van der Waals surface area contributed by atoms with Crippen molar-refractivity contribution in [2.24, 2.45) is 0 Å². The van der Waals surface area contributed by atoms with Gasteiger partial charge in [0.15, 0.2) is 0 Å². The Bertz CT molecular complexity index is 653. The second-order valence-corrected chi connectivity index (χ2v) is 5.66. The van der Waals surface area contributed by atoms with Gasteiger partial charge in [-0.3, -0.25) is 4.90 Å². The molecule has 2 unspecified atom stereocenters. The molecule has 112 valence electrons. The Morgan fingerprint density at radius 1 is 1.29 bits per heavy atom. The van der Waals surface area contributed by atoms with E-state index in [9.17, 15) is 9.90 Å². The van der Waals surface area contributed by atoms with Gasteiger partial charge in [0.1, 0.15) is 5.58 Å². The molecular formula is C16H19NO4. The summed E-state index contributed by atoms with van der Waals surface area (Å²) in [5.74, 6) is -0.974. The lowest BCUT2D eigenvalue weighted by Crippen LogP contribution is -2.44. The van der Waals surface area contributed by atoms with E-state index in [0.29, 0.717) is 12.1 Å². The standard InChI is InChI=1S/C16H19NO4/c1-10-7-17(8-11(2)20-10)9-13-12-5-3-4-6-14(12)21-15(13)16(18)19/h3-6,10-11H,7-9H2,1-2H3,(H,18,19). The summed E-state index contributed by atoms with van der Waals surface area (Å²) in [5, 5.41) is 10.2. The zero-order chi connectivity index (χ0) is 15.0. The SMILES string of the molecule is CC1CN(Cc2c(C(=O)O)oc3ccccc23)CC(C)O1. The maximum atomic E-state index is 11.4. The molecule has 1 aromatic heterocycles. The molecule has 0 saturated carbocycles. The first-order valence-electron chi connectivity index (χ1n) is 7.16. The fourth-order valence-electron chi connectivity index (χ4n) is 3.07. The van der Waals surface area contributed by atoms with Gasteiger partial charge in [0, 0.05) is 30.6 Å². The van der Waals surface area contributed by atoms with E-state index in [2.05, 4.69) is 4.90 Å². The highest BCUT2D eigenvalue weighted by molar-refractivity contribution is 5.95. The van der Waals surface area contributed by atoms with Crippen LogP contribution in [0.4, 0.5) is 0 Å². The lowest BCUT2D eigenvalue weighted by molar-refractivity contribution is -0.0704. The third-order valence-electron chi connectivity index (χ3n) is 3.77. The minimum atomic E-state index is -1.02.